The SMILES string of the molecule is CC(C)c1nc(C(C)C(=O)O)cs1. The van der Waals surface area contributed by atoms with Crippen LogP contribution < -0.4 is 0 Å². The van der Waals surface area contributed by atoms with Gasteiger partial charge in [-0.3, -0.25) is 4.79 Å². The van der Waals surface area contributed by atoms with Crippen molar-refractivity contribution in [3.05, 3.63) is 16.1 Å². The number of rotatable bonds is 3. The van der Waals surface area contributed by atoms with Crippen LogP contribution in [0.5, 0.6) is 0 Å². The third kappa shape index (κ3) is 2.28. The maximum absolute atomic E-state index is 10.6. The van der Waals surface area contributed by atoms with Crippen molar-refractivity contribution < 1.29 is 9.90 Å². The Bertz CT molecular complexity index is 306. The molecule has 1 unspecified atom stereocenters. The van der Waals surface area contributed by atoms with E-state index in [1.807, 2.05) is 19.2 Å². The summed E-state index contributed by atoms with van der Waals surface area (Å²) in [6, 6.07) is 0. The second kappa shape index (κ2) is 3.87. The first kappa shape index (κ1) is 10.2. The average molecular weight is 199 g/mol. The van der Waals surface area contributed by atoms with Crippen molar-refractivity contribution in [3.63, 3.8) is 0 Å². The summed E-state index contributed by atoms with van der Waals surface area (Å²) in [5.41, 5.74) is 0.668. The van der Waals surface area contributed by atoms with Gasteiger partial charge in [-0.1, -0.05) is 13.8 Å². The van der Waals surface area contributed by atoms with Crippen LogP contribution in [-0.2, 0) is 4.79 Å². The van der Waals surface area contributed by atoms with Crippen LogP contribution in [0.3, 0.4) is 0 Å². The summed E-state index contributed by atoms with van der Waals surface area (Å²) >= 11 is 1.53. The van der Waals surface area contributed by atoms with E-state index in [2.05, 4.69) is 4.98 Å². The second-order valence-corrected chi connectivity index (χ2v) is 4.21. The van der Waals surface area contributed by atoms with Crippen molar-refractivity contribution >= 4 is 17.3 Å². The number of nitrogens with zero attached hydrogens (tertiary/aromatic N) is 1. The van der Waals surface area contributed by atoms with E-state index in [4.69, 9.17) is 5.11 Å². The van der Waals surface area contributed by atoms with Crippen LogP contribution in [0.4, 0.5) is 0 Å². The third-order valence-electron chi connectivity index (χ3n) is 1.85. The molecule has 0 aliphatic rings. The average Bonchev–Trinajstić information content (AvgIpc) is 2.50. The molecule has 1 rings (SSSR count). The number of aliphatic carboxylic acids is 1. The topological polar surface area (TPSA) is 50.2 Å². The molecular weight excluding hydrogens is 186 g/mol. The Morgan fingerprint density at radius 1 is 1.54 bits per heavy atom. The van der Waals surface area contributed by atoms with Gasteiger partial charge in [0.25, 0.3) is 0 Å². The van der Waals surface area contributed by atoms with Gasteiger partial charge in [-0.05, 0) is 6.92 Å². The van der Waals surface area contributed by atoms with Gasteiger partial charge in [0.2, 0.25) is 0 Å². The number of carboxylic acids is 1. The van der Waals surface area contributed by atoms with Crippen LogP contribution in [0.25, 0.3) is 0 Å². The van der Waals surface area contributed by atoms with E-state index < -0.39 is 11.9 Å². The normalized spacial score (nSPS) is 13.2. The van der Waals surface area contributed by atoms with Crippen LogP contribution in [-0.4, -0.2) is 16.1 Å². The first-order chi connectivity index (χ1) is 6.02. The maximum Gasteiger partial charge on any atom is 0.312 e. The van der Waals surface area contributed by atoms with E-state index in [0.717, 1.165) is 5.01 Å². The van der Waals surface area contributed by atoms with Gasteiger partial charge in [-0.15, -0.1) is 11.3 Å². The predicted molar refractivity (Wildman–Crippen MR) is 52.3 cm³/mol. The first-order valence-corrected chi connectivity index (χ1v) is 5.08. The summed E-state index contributed by atoms with van der Waals surface area (Å²) in [4.78, 5) is 14.9. The van der Waals surface area contributed by atoms with Gasteiger partial charge in [0.15, 0.2) is 0 Å². The molecule has 1 aromatic heterocycles. The maximum atomic E-state index is 10.6. The summed E-state index contributed by atoms with van der Waals surface area (Å²) in [5, 5.41) is 11.6. The van der Waals surface area contributed by atoms with Gasteiger partial charge in [0, 0.05) is 11.3 Å². The highest BCUT2D eigenvalue weighted by molar-refractivity contribution is 7.09. The zero-order valence-electron chi connectivity index (χ0n) is 7.94. The molecule has 1 heterocycles. The number of carbonyl (C=O) groups is 1. The molecule has 0 saturated heterocycles. The lowest BCUT2D eigenvalue weighted by Gasteiger charge is -2.01. The lowest BCUT2D eigenvalue weighted by atomic mass is 10.1. The summed E-state index contributed by atoms with van der Waals surface area (Å²) in [7, 11) is 0. The molecule has 4 heteroatoms. The van der Waals surface area contributed by atoms with Crippen LogP contribution in [0.15, 0.2) is 5.38 Å². The minimum Gasteiger partial charge on any atom is -0.481 e. The number of hydrogen-bond acceptors (Lipinski definition) is 3. The van der Waals surface area contributed by atoms with Crippen LogP contribution in [0, 0.1) is 0 Å². The highest BCUT2D eigenvalue weighted by Crippen LogP contribution is 2.23. The van der Waals surface area contributed by atoms with E-state index in [9.17, 15) is 4.79 Å². The van der Waals surface area contributed by atoms with Crippen molar-refractivity contribution in [2.45, 2.75) is 32.6 Å². The lowest BCUT2D eigenvalue weighted by molar-refractivity contribution is -0.138. The summed E-state index contributed by atoms with van der Waals surface area (Å²) in [6.07, 6.45) is 0. The van der Waals surface area contributed by atoms with Gasteiger partial charge in [-0.2, -0.15) is 0 Å². The van der Waals surface area contributed by atoms with E-state index in [1.54, 1.807) is 6.92 Å². The molecule has 1 aromatic rings. The van der Waals surface area contributed by atoms with Crippen molar-refractivity contribution in [1.82, 2.24) is 4.98 Å². The molecule has 13 heavy (non-hydrogen) atoms. The molecule has 0 fully saturated rings. The molecular formula is C9H13NO2S. The molecule has 1 N–H and O–H groups in total. The van der Waals surface area contributed by atoms with Crippen LogP contribution in [0.2, 0.25) is 0 Å². The molecule has 0 amide bonds. The largest absolute Gasteiger partial charge is 0.481 e. The van der Waals surface area contributed by atoms with Crippen LogP contribution in [0.1, 0.15) is 43.3 Å². The fourth-order valence-electron chi connectivity index (χ4n) is 0.891. The fraction of sp³-hybridized carbons (Fsp3) is 0.556. The highest BCUT2D eigenvalue weighted by atomic mass is 32.1. The summed E-state index contributed by atoms with van der Waals surface area (Å²) in [5.74, 6) is -0.941. The molecule has 3 nitrogen and oxygen atoms in total. The molecule has 0 spiro atoms. The Morgan fingerprint density at radius 3 is 2.54 bits per heavy atom. The Morgan fingerprint density at radius 2 is 2.15 bits per heavy atom. The van der Waals surface area contributed by atoms with Gasteiger partial charge in [-0.25, -0.2) is 4.98 Å². The fourth-order valence-corrected chi connectivity index (χ4v) is 1.82. The zero-order valence-corrected chi connectivity index (χ0v) is 8.76. The molecule has 1 atom stereocenters. The zero-order chi connectivity index (χ0) is 10.0. The summed E-state index contributed by atoms with van der Waals surface area (Å²) in [6.45, 7) is 5.75. The predicted octanol–water partition coefficient (Wildman–Crippen LogP) is 2.45. The monoisotopic (exact) mass is 199 g/mol. The standard InChI is InChI=1S/C9H13NO2S/c1-5(2)8-10-7(4-13-8)6(3)9(11)12/h4-6H,1-3H3,(H,11,12). The number of carboxylic acid groups (broad SMARTS) is 1. The van der Waals surface area contributed by atoms with Gasteiger partial charge in [0.1, 0.15) is 0 Å². The molecule has 0 bridgehead atoms. The first-order valence-electron chi connectivity index (χ1n) is 4.20. The van der Waals surface area contributed by atoms with E-state index in [0.29, 0.717) is 11.6 Å². The van der Waals surface area contributed by atoms with Crippen molar-refractivity contribution in [1.29, 1.82) is 0 Å². The Balaban J connectivity index is 2.85. The van der Waals surface area contributed by atoms with E-state index in [-0.39, 0.29) is 0 Å². The lowest BCUT2D eigenvalue weighted by Crippen LogP contribution is -2.07. The van der Waals surface area contributed by atoms with E-state index >= 15 is 0 Å². The van der Waals surface area contributed by atoms with Crippen LogP contribution >= 0.6 is 11.3 Å². The molecule has 0 aliphatic carbocycles. The molecule has 0 saturated carbocycles. The highest BCUT2D eigenvalue weighted by Gasteiger charge is 2.17. The van der Waals surface area contributed by atoms with Crippen molar-refractivity contribution in [2.75, 3.05) is 0 Å². The quantitative estimate of drug-likeness (QED) is 0.813. The Kier molecular flexibility index (Phi) is 3.03. The number of hydrogen-bond donors (Lipinski definition) is 1. The smallest absolute Gasteiger partial charge is 0.312 e. The number of thiazole rings is 1. The third-order valence-corrected chi connectivity index (χ3v) is 3.01. The minimum atomic E-state index is -0.819. The van der Waals surface area contributed by atoms with Crippen molar-refractivity contribution in [2.24, 2.45) is 0 Å². The summed E-state index contributed by atoms with van der Waals surface area (Å²) < 4.78 is 0. The van der Waals surface area contributed by atoms with Gasteiger partial charge >= 0.3 is 5.97 Å². The Hall–Kier alpha value is -0.900. The number of aromatic nitrogens is 1. The minimum absolute atomic E-state index is 0.375. The second-order valence-electron chi connectivity index (χ2n) is 3.33. The molecule has 0 aromatic carbocycles. The Labute approximate surface area is 81.4 Å². The molecule has 72 valence electrons. The van der Waals surface area contributed by atoms with Gasteiger partial charge < -0.3 is 5.11 Å². The van der Waals surface area contributed by atoms with Gasteiger partial charge in [0.05, 0.1) is 16.6 Å². The molecule has 0 radical (unpaired) electrons. The van der Waals surface area contributed by atoms with E-state index in [1.165, 1.54) is 11.3 Å². The van der Waals surface area contributed by atoms with Crippen molar-refractivity contribution in [3.8, 4) is 0 Å². The molecule has 0 aliphatic heterocycles.